The first-order valence-electron chi connectivity index (χ1n) is 8.20. The van der Waals surface area contributed by atoms with Crippen LogP contribution < -0.4 is 10.1 Å². The summed E-state index contributed by atoms with van der Waals surface area (Å²) in [6, 6.07) is 28.5. The Bertz CT molecular complexity index is 995. The minimum Gasteiger partial charge on any atom is -0.497 e. The van der Waals surface area contributed by atoms with E-state index in [1.807, 2.05) is 54.6 Å². The fraction of sp³-hybridized carbons (Fsp3) is 0.0455. The Labute approximate surface area is 146 Å². The summed E-state index contributed by atoms with van der Waals surface area (Å²) in [6.45, 7) is 0. The van der Waals surface area contributed by atoms with Crippen LogP contribution >= 0.6 is 0 Å². The molecule has 0 saturated carbocycles. The molecule has 0 aliphatic heterocycles. The lowest BCUT2D eigenvalue weighted by atomic mass is 10.1. The summed E-state index contributed by atoms with van der Waals surface area (Å²) in [5.74, 6) is 1.68. The van der Waals surface area contributed by atoms with Crippen LogP contribution in [0.5, 0.6) is 5.75 Å². The quantitative estimate of drug-likeness (QED) is 0.526. The van der Waals surface area contributed by atoms with E-state index >= 15 is 0 Å². The molecular formula is C22H18N2O. The van der Waals surface area contributed by atoms with Gasteiger partial charge in [0.25, 0.3) is 0 Å². The summed E-state index contributed by atoms with van der Waals surface area (Å²) < 4.78 is 5.22. The van der Waals surface area contributed by atoms with Gasteiger partial charge >= 0.3 is 0 Å². The van der Waals surface area contributed by atoms with Gasteiger partial charge < -0.3 is 10.1 Å². The summed E-state index contributed by atoms with van der Waals surface area (Å²) in [6.07, 6.45) is 0. The number of fused-ring (bicyclic) bond motifs is 1. The van der Waals surface area contributed by atoms with Crippen LogP contribution in [-0.4, -0.2) is 12.1 Å². The van der Waals surface area contributed by atoms with Gasteiger partial charge in [0, 0.05) is 16.6 Å². The van der Waals surface area contributed by atoms with Crippen LogP contribution in [0.4, 0.5) is 11.5 Å². The van der Waals surface area contributed by atoms with Crippen LogP contribution in [-0.2, 0) is 0 Å². The van der Waals surface area contributed by atoms with Crippen molar-refractivity contribution in [2.24, 2.45) is 0 Å². The van der Waals surface area contributed by atoms with Crippen LogP contribution in [0, 0.1) is 0 Å². The molecular weight excluding hydrogens is 308 g/mol. The minimum atomic E-state index is 0.835. The Hall–Kier alpha value is -3.33. The molecule has 4 aromatic rings. The number of rotatable bonds is 4. The number of hydrogen-bond donors (Lipinski definition) is 1. The van der Waals surface area contributed by atoms with Crippen LogP contribution in [0.15, 0.2) is 84.9 Å². The average Bonchev–Trinajstić information content (AvgIpc) is 2.69. The molecule has 3 nitrogen and oxygen atoms in total. The zero-order chi connectivity index (χ0) is 17.1. The van der Waals surface area contributed by atoms with Crippen LogP contribution in [0.25, 0.3) is 22.0 Å². The second kappa shape index (κ2) is 6.65. The fourth-order valence-corrected chi connectivity index (χ4v) is 2.86. The predicted molar refractivity (Wildman–Crippen MR) is 103 cm³/mol. The van der Waals surface area contributed by atoms with E-state index in [1.54, 1.807) is 7.11 Å². The van der Waals surface area contributed by atoms with Crippen LogP contribution in [0.3, 0.4) is 0 Å². The molecule has 0 unspecified atom stereocenters. The summed E-state index contributed by atoms with van der Waals surface area (Å²) in [4.78, 5) is 4.87. The zero-order valence-electron chi connectivity index (χ0n) is 13.9. The van der Waals surface area contributed by atoms with Crippen molar-refractivity contribution in [1.82, 2.24) is 4.98 Å². The normalized spacial score (nSPS) is 10.6. The van der Waals surface area contributed by atoms with Gasteiger partial charge in [0.1, 0.15) is 11.6 Å². The van der Waals surface area contributed by atoms with E-state index in [2.05, 4.69) is 35.6 Å². The number of benzene rings is 3. The van der Waals surface area contributed by atoms with Crippen LogP contribution in [0.1, 0.15) is 0 Å². The Kier molecular flexibility index (Phi) is 4.05. The molecule has 0 bridgehead atoms. The third-order valence-corrected chi connectivity index (χ3v) is 4.16. The number of nitrogens with zero attached hydrogens (tertiary/aromatic N) is 1. The zero-order valence-corrected chi connectivity index (χ0v) is 13.9. The van der Waals surface area contributed by atoms with Crippen molar-refractivity contribution in [3.8, 4) is 17.0 Å². The van der Waals surface area contributed by atoms with Crippen molar-refractivity contribution in [2.45, 2.75) is 0 Å². The standard InChI is InChI=1S/C22H18N2O/c1-25-19-13-11-18(12-14-19)23-22-20-10-6-5-9-17(20)15-21(24-22)16-7-3-2-4-8-16/h2-15H,1H3,(H,23,24). The average molecular weight is 326 g/mol. The summed E-state index contributed by atoms with van der Waals surface area (Å²) in [7, 11) is 1.67. The maximum absolute atomic E-state index is 5.22. The molecule has 25 heavy (non-hydrogen) atoms. The van der Waals surface area contributed by atoms with E-state index in [9.17, 15) is 0 Å². The fourth-order valence-electron chi connectivity index (χ4n) is 2.86. The lowest BCUT2D eigenvalue weighted by Gasteiger charge is -2.12. The Morgan fingerprint density at radius 3 is 2.28 bits per heavy atom. The maximum Gasteiger partial charge on any atom is 0.138 e. The molecule has 0 saturated heterocycles. The number of nitrogens with one attached hydrogen (secondary N) is 1. The third-order valence-electron chi connectivity index (χ3n) is 4.16. The number of aromatic nitrogens is 1. The topological polar surface area (TPSA) is 34.1 Å². The van der Waals surface area contributed by atoms with E-state index < -0.39 is 0 Å². The number of methoxy groups -OCH3 is 1. The molecule has 0 radical (unpaired) electrons. The summed E-state index contributed by atoms with van der Waals surface area (Å²) >= 11 is 0. The minimum absolute atomic E-state index is 0.835. The maximum atomic E-state index is 5.22. The highest BCUT2D eigenvalue weighted by atomic mass is 16.5. The van der Waals surface area contributed by atoms with Gasteiger partial charge in [-0.1, -0.05) is 54.6 Å². The highest BCUT2D eigenvalue weighted by Gasteiger charge is 2.08. The van der Waals surface area contributed by atoms with Crippen molar-refractivity contribution in [3.05, 3.63) is 84.9 Å². The molecule has 3 heteroatoms. The molecule has 0 aliphatic rings. The largest absolute Gasteiger partial charge is 0.497 e. The SMILES string of the molecule is COc1ccc(Nc2nc(-c3ccccc3)cc3ccccc23)cc1. The first-order valence-corrected chi connectivity index (χ1v) is 8.20. The molecule has 0 aliphatic carbocycles. The van der Waals surface area contributed by atoms with Crippen molar-refractivity contribution >= 4 is 22.3 Å². The van der Waals surface area contributed by atoms with Crippen molar-refractivity contribution in [3.63, 3.8) is 0 Å². The van der Waals surface area contributed by atoms with E-state index in [-0.39, 0.29) is 0 Å². The number of ether oxygens (including phenoxy) is 1. The van der Waals surface area contributed by atoms with Gasteiger partial charge in [-0.3, -0.25) is 0 Å². The molecule has 122 valence electrons. The first kappa shape index (κ1) is 15.2. The number of anilines is 2. The van der Waals surface area contributed by atoms with E-state index in [0.29, 0.717) is 0 Å². The Morgan fingerprint density at radius 2 is 1.52 bits per heavy atom. The summed E-state index contributed by atoms with van der Waals surface area (Å²) in [5.41, 5.74) is 3.03. The lowest BCUT2D eigenvalue weighted by Crippen LogP contribution is -1.97. The molecule has 0 atom stereocenters. The van der Waals surface area contributed by atoms with E-state index in [1.165, 1.54) is 0 Å². The lowest BCUT2D eigenvalue weighted by molar-refractivity contribution is 0.415. The second-order valence-corrected chi connectivity index (χ2v) is 5.80. The summed E-state index contributed by atoms with van der Waals surface area (Å²) in [5, 5.41) is 5.70. The number of pyridine rings is 1. The molecule has 1 N–H and O–H groups in total. The van der Waals surface area contributed by atoms with Crippen molar-refractivity contribution < 1.29 is 4.74 Å². The Morgan fingerprint density at radius 1 is 0.800 bits per heavy atom. The van der Waals surface area contributed by atoms with Crippen LogP contribution in [0.2, 0.25) is 0 Å². The van der Waals surface area contributed by atoms with E-state index in [0.717, 1.165) is 39.3 Å². The van der Waals surface area contributed by atoms with Gasteiger partial charge in [-0.2, -0.15) is 0 Å². The monoisotopic (exact) mass is 326 g/mol. The van der Waals surface area contributed by atoms with Gasteiger partial charge in [0.15, 0.2) is 0 Å². The van der Waals surface area contributed by atoms with Gasteiger partial charge in [0.05, 0.1) is 12.8 Å². The van der Waals surface area contributed by atoms with Crippen molar-refractivity contribution in [2.75, 3.05) is 12.4 Å². The molecule has 0 spiro atoms. The molecule has 1 aromatic heterocycles. The van der Waals surface area contributed by atoms with Gasteiger partial charge in [0.2, 0.25) is 0 Å². The second-order valence-electron chi connectivity index (χ2n) is 5.80. The van der Waals surface area contributed by atoms with E-state index in [4.69, 9.17) is 9.72 Å². The van der Waals surface area contributed by atoms with Crippen molar-refractivity contribution in [1.29, 1.82) is 0 Å². The highest BCUT2D eigenvalue weighted by Crippen LogP contribution is 2.30. The molecule has 0 fully saturated rings. The number of hydrogen-bond acceptors (Lipinski definition) is 3. The molecule has 4 rings (SSSR count). The Balaban J connectivity index is 1.80. The van der Waals surface area contributed by atoms with Gasteiger partial charge in [-0.05, 0) is 35.7 Å². The molecule has 0 amide bonds. The van der Waals surface area contributed by atoms with Gasteiger partial charge in [-0.15, -0.1) is 0 Å². The molecule has 3 aromatic carbocycles. The first-order chi connectivity index (χ1) is 12.3. The highest BCUT2D eigenvalue weighted by molar-refractivity contribution is 5.95. The molecule has 1 heterocycles. The third kappa shape index (κ3) is 3.17. The predicted octanol–water partition coefficient (Wildman–Crippen LogP) is 5.65. The smallest absolute Gasteiger partial charge is 0.138 e. The van der Waals surface area contributed by atoms with Gasteiger partial charge in [-0.25, -0.2) is 4.98 Å².